The standard InChI is InChI=1S/C16H15F2N3O2/c1-20(2)16(22)21-15(10-5-6-23-9-10)8-14(19-21)12-7-11(17)3-4-13(12)18/h3-7,9,15H,8H2,1-2H3. The third-order valence-electron chi connectivity index (χ3n) is 3.66. The Balaban J connectivity index is 2.01. The number of halogens is 2. The Bertz CT molecular complexity index is 757. The molecule has 3 rings (SSSR count). The number of rotatable bonds is 2. The van der Waals surface area contributed by atoms with Crippen molar-refractivity contribution in [3.8, 4) is 0 Å². The first kappa shape index (κ1) is 15.2. The molecule has 2 heterocycles. The van der Waals surface area contributed by atoms with Crippen LogP contribution < -0.4 is 0 Å². The summed E-state index contributed by atoms with van der Waals surface area (Å²) in [7, 11) is 3.20. The Kier molecular flexibility index (Phi) is 3.85. The lowest BCUT2D eigenvalue weighted by Crippen LogP contribution is -2.36. The van der Waals surface area contributed by atoms with E-state index < -0.39 is 17.7 Å². The van der Waals surface area contributed by atoms with Crippen molar-refractivity contribution in [1.82, 2.24) is 9.91 Å². The molecule has 0 fully saturated rings. The van der Waals surface area contributed by atoms with Crippen molar-refractivity contribution in [3.63, 3.8) is 0 Å². The first-order chi connectivity index (χ1) is 11.0. The van der Waals surface area contributed by atoms with E-state index in [1.165, 1.54) is 22.4 Å². The molecule has 0 N–H and O–H groups in total. The third-order valence-corrected chi connectivity index (χ3v) is 3.66. The number of amides is 2. The molecule has 0 bridgehead atoms. The molecule has 120 valence electrons. The van der Waals surface area contributed by atoms with Gasteiger partial charge in [-0.05, 0) is 24.3 Å². The topological polar surface area (TPSA) is 49.1 Å². The molecule has 7 heteroatoms. The SMILES string of the molecule is CN(C)C(=O)N1N=C(c2cc(F)ccc2F)CC1c1ccoc1. The van der Waals surface area contributed by atoms with Gasteiger partial charge < -0.3 is 9.32 Å². The second-order valence-electron chi connectivity index (χ2n) is 5.47. The van der Waals surface area contributed by atoms with Crippen LogP contribution in [0.4, 0.5) is 13.6 Å². The van der Waals surface area contributed by atoms with E-state index in [1.807, 2.05) is 0 Å². The summed E-state index contributed by atoms with van der Waals surface area (Å²) in [5.74, 6) is -1.13. The number of benzene rings is 1. The third kappa shape index (κ3) is 2.81. The molecule has 1 aromatic carbocycles. The van der Waals surface area contributed by atoms with E-state index in [0.717, 1.165) is 23.8 Å². The predicted octanol–water partition coefficient (Wildman–Crippen LogP) is 3.39. The maximum atomic E-state index is 14.0. The van der Waals surface area contributed by atoms with E-state index in [-0.39, 0.29) is 18.0 Å². The van der Waals surface area contributed by atoms with Gasteiger partial charge >= 0.3 is 6.03 Å². The van der Waals surface area contributed by atoms with Gasteiger partial charge in [0, 0.05) is 31.6 Å². The highest BCUT2D eigenvalue weighted by Crippen LogP contribution is 2.34. The van der Waals surface area contributed by atoms with Gasteiger partial charge in [0.2, 0.25) is 0 Å². The molecule has 0 saturated carbocycles. The van der Waals surface area contributed by atoms with Gasteiger partial charge in [-0.2, -0.15) is 5.10 Å². The molecule has 5 nitrogen and oxygen atoms in total. The van der Waals surface area contributed by atoms with Gasteiger partial charge in [-0.25, -0.2) is 18.6 Å². The summed E-state index contributed by atoms with van der Waals surface area (Å²) >= 11 is 0. The van der Waals surface area contributed by atoms with E-state index in [4.69, 9.17) is 4.42 Å². The normalized spacial score (nSPS) is 17.3. The molecule has 1 unspecified atom stereocenters. The molecule has 0 spiro atoms. The van der Waals surface area contributed by atoms with E-state index in [9.17, 15) is 13.6 Å². The van der Waals surface area contributed by atoms with Gasteiger partial charge in [-0.1, -0.05) is 0 Å². The Morgan fingerprint density at radius 3 is 2.78 bits per heavy atom. The Hall–Kier alpha value is -2.70. The van der Waals surface area contributed by atoms with Crippen LogP contribution in [-0.2, 0) is 0 Å². The van der Waals surface area contributed by atoms with Crippen LogP contribution in [0.1, 0.15) is 23.6 Å². The van der Waals surface area contributed by atoms with Crippen LogP contribution in [0.2, 0.25) is 0 Å². The van der Waals surface area contributed by atoms with Crippen molar-refractivity contribution >= 4 is 11.7 Å². The number of urea groups is 1. The minimum Gasteiger partial charge on any atom is -0.472 e. The molecular formula is C16H15F2N3O2. The van der Waals surface area contributed by atoms with Crippen LogP contribution in [-0.4, -0.2) is 35.7 Å². The Morgan fingerprint density at radius 1 is 1.35 bits per heavy atom. The Labute approximate surface area is 131 Å². The Morgan fingerprint density at radius 2 is 2.13 bits per heavy atom. The van der Waals surface area contributed by atoms with E-state index in [2.05, 4.69) is 5.10 Å². The lowest BCUT2D eigenvalue weighted by Gasteiger charge is -2.23. The minimum atomic E-state index is -0.574. The summed E-state index contributed by atoms with van der Waals surface area (Å²) in [6.45, 7) is 0. The number of carbonyl (C=O) groups excluding carboxylic acids is 1. The van der Waals surface area contributed by atoms with Gasteiger partial charge in [-0.15, -0.1) is 0 Å². The largest absolute Gasteiger partial charge is 0.472 e. The summed E-state index contributed by atoms with van der Waals surface area (Å²) in [6.07, 6.45) is 3.29. The highest BCUT2D eigenvalue weighted by Gasteiger charge is 2.35. The molecule has 1 atom stereocenters. The summed E-state index contributed by atoms with van der Waals surface area (Å²) in [6, 6.07) is 4.15. The van der Waals surface area contributed by atoms with Crippen LogP contribution in [0.25, 0.3) is 0 Å². The second-order valence-corrected chi connectivity index (χ2v) is 5.47. The van der Waals surface area contributed by atoms with Gasteiger partial charge in [0.15, 0.2) is 0 Å². The zero-order valence-corrected chi connectivity index (χ0v) is 12.7. The van der Waals surface area contributed by atoms with Crippen molar-refractivity contribution in [3.05, 3.63) is 59.6 Å². The molecule has 0 radical (unpaired) electrons. The van der Waals surface area contributed by atoms with Crippen LogP contribution >= 0.6 is 0 Å². The van der Waals surface area contributed by atoms with Crippen molar-refractivity contribution in [2.24, 2.45) is 5.10 Å². The molecular weight excluding hydrogens is 304 g/mol. The maximum absolute atomic E-state index is 14.0. The first-order valence-electron chi connectivity index (χ1n) is 7.03. The average Bonchev–Trinajstić information content (AvgIpc) is 3.17. The zero-order valence-electron chi connectivity index (χ0n) is 12.7. The number of carbonyl (C=O) groups is 1. The van der Waals surface area contributed by atoms with Crippen molar-refractivity contribution in [1.29, 1.82) is 0 Å². The summed E-state index contributed by atoms with van der Waals surface area (Å²) in [5, 5.41) is 5.50. The van der Waals surface area contributed by atoms with Crippen molar-refractivity contribution < 1.29 is 18.0 Å². The number of hydrogen-bond donors (Lipinski definition) is 0. The molecule has 1 aromatic heterocycles. The van der Waals surface area contributed by atoms with Gasteiger partial charge in [0.25, 0.3) is 0 Å². The second kappa shape index (κ2) is 5.83. The number of furan rings is 1. The van der Waals surface area contributed by atoms with Crippen LogP contribution in [0.3, 0.4) is 0 Å². The van der Waals surface area contributed by atoms with Crippen molar-refractivity contribution in [2.45, 2.75) is 12.5 Å². The molecule has 1 aliphatic heterocycles. The quantitative estimate of drug-likeness (QED) is 0.852. The number of hydrogen-bond acceptors (Lipinski definition) is 3. The molecule has 2 aromatic rings. The summed E-state index contributed by atoms with van der Waals surface area (Å²) in [4.78, 5) is 13.7. The molecule has 0 saturated heterocycles. The first-order valence-corrected chi connectivity index (χ1v) is 7.03. The van der Waals surface area contributed by atoms with Crippen molar-refractivity contribution in [2.75, 3.05) is 14.1 Å². The summed E-state index contributed by atoms with van der Waals surface area (Å²) < 4.78 is 32.5. The molecule has 1 aliphatic rings. The highest BCUT2D eigenvalue weighted by atomic mass is 19.1. The fourth-order valence-electron chi connectivity index (χ4n) is 2.50. The van der Waals surface area contributed by atoms with Crippen LogP contribution in [0, 0.1) is 11.6 Å². The smallest absolute Gasteiger partial charge is 0.340 e. The lowest BCUT2D eigenvalue weighted by molar-refractivity contribution is 0.159. The maximum Gasteiger partial charge on any atom is 0.340 e. The molecule has 0 aliphatic carbocycles. The zero-order chi connectivity index (χ0) is 16.6. The monoisotopic (exact) mass is 319 g/mol. The number of hydrazone groups is 1. The molecule has 23 heavy (non-hydrogen) atoms. The van der Waals surface area contributed by atoms with E-state index in [1.54, 1.807) is 20.2 Å². The lowest BCUT2D eigenvalue weighted by atomic mass is 10.00. The predicted molar refractivity (Wildman–Crippen MR) is 79.9 cm³/mol. The van der Waals surface area contributed by atoms with Crippen LogP contribution in [0.5, 0.6) is 0 Å². The van der Waals surface area contributed by atoms with Gasteiger partial charge in [0.1, 0.15) is 11.6 Å². The summed E-state index contributed by atoms with van der Waals surface area (Å²) in [5.41, 5.74) is 1.13. The van der Waals surface area contributed by atoms with E-state index in [0.29, 0.717) is 5.71 Å². The fourth-order valence-corrected chi connectivity index (χ4v) is 2.50. The highest BCUT2D eigenvalue weighted by molar-refractivity contribution is 6.03. The van der Waals surface area contributed by atoms with Crippen LogP contribution in [0.15, 0.2) is 46.3 Å². The van der Waals surface area contributed by atoms with Gasteiger partial charge in [0.05, 0.1) is 24.3 Å². The molecule has 2 amide bonds. The van der Waals surface area contributed by atoms with E-state index >= 15 is 0 Å². The number of nitrogens with zero attached hydrogens (tertiary/aromatic N) is 3. The average molecular weight is 319 g/mol. The fraction of sp³-hybridized carbons (Fsp3) is 0.250. The minimum absolute atomic E-state index is 0.0625. The van der Waals surface area contributed by atoms with Gasteiger partial charge in [-0.3, -0.25) is 0 Å².